The lowest BCUT2D eigenvalue weighted by Gasteiger charge is -2.24. The number of nitrogens with zero attached hydrogens (tertiary/aromatic N) is 6. The first-order valence-corrected chi connectivity index (χ1v) is 8.24. The number of aromatic nitrogens is 3. The average molecular weight is 328 g/mol. The molecule has 1 atom stereocenters. The van der Waals surface area contributed by atoms with Crippen LogP contribution in [0.1, 0.15) is 36.3 Å². The smallest absolute Gasteiger partial charge is 0.183 e. The molecule has 0 amide bonds. The number of rotatable bonds is 1. The first kappa shape index (κ1) is 15.2. The summed E-state index contributed by atoms with van der Waals surface area (Å²) >= 11 is 0. The van der Waals surface area contributed by atoms with Gasteiger partial charge in [-0.2, -0.15) is 5.26 Å². The maximum Gasteiger partial charge on any atom is 0.183 e. The molecule has 0 saturated heterocycles. The molecule has 0 bridgehead atoms. The molecule has 2 aliphatic heterocycles. The Balaban J connectivity index is 1.58. The van der Waals surface area contributed by atoms with E-state index in [0.29, 0.717) is 18.1 Å². The van der Waals surface area contributed by atoms with E-state index in [9.17, 15) is 5.26 Å². The zero-order chi connectivity index (χ0) is 17.1. The molecule has 6 nitrogen and oxygen atoms in total. The Labute approximate surface area is 146 Å². The molecule has 0 N–H and O–H groups in total. The Morgan fingerprint density at radius 2 is 2.08 bits per heavy atom. The first-order valence-electron chi connectivity index (χ1n) is 8.24. The summed E-state index contributed by atoms with van der Waals surface area (Å²) in [6.07, 6.45) is 12.2. The maximum atomic E-state index is 9.20. The summed E-state index contributed by atoms with van der Waals surface area (Å²) in [6, 6.07) is 6.27. The number of aliphatic imine (C=N–C) groups is 1. The molecule has 2 aromatic rings. The van der Waals surface area contributed by atoms with Gasteiger partial charge in [-0.1, -0.05) is 5.92 Å². The molecule has 122 valence electrons. The minimum Gasteiger partial charge on any atom is -0.323 e. The van der Waals surface area contributed by atoms with Gasteiger partial charge < -0.3 is 9.47 Å². The van der Waals surface area contributed by atoms with Crippen molar-refractivity contribution in [1.82, 2.24) is 14.5 Å². The predicted molar refractivity (Wildman–Crippen MR) is 95.7 cm³/mol. The highest BCUT2D eigenvalue weighted by atomic mass is 15.2. The van der Waals surface area contributed by atoms with Crippen molar-refractivity contribution in [2.24, 2.45) is 4.99 Å². The van der Waals surface area contributed by atoms with Gasteiger partial charge in [0.05, 0.1) is 12.2 Å². The van der Waals surface area contributed by atoms with Gasteiger partial charge in [-0.15, -0.1) is 0 Å². The number of anilines is 1. The number of fused-ring (bicyclic) bond motifs is 1. The molecular formula is C19H16N6. The van der Waals surface area contributed by atoms with Crippen LogP contribution in [0.3, 0.4) is 0 Å². The monoisotopic (exact) mass is 328 g/mol. The second-order valence-electron chi connectivity index (χ2n) is 5.89. The molecule has 4 heterocycles. The minimum atomic E-state index is 0.113. The molecule has 0 radical (unpaired) electrons. The lowest BCUT2D eigenvalue weighted by Crippen LogP contribution is -2.23. The molecule has 2 aliphatic rings. The second kappa shape index (κ2) is 6.62. The van der Waals surface area contributed by atoms with Crippen molar-refractivity contribution in [3.8, 4) is 17.9 Å². The lowest BCUT2D eigenvalue weighted by atomic mass is 10.1. The van der Waals surface area contributed by atoms with Crippen LogP contribution >= 0.6 is 0 Å². The number of nitriles is 1. The van der Waals surface area contributed by atoms with E-state index in [1.54, 1.807) is 6.20 Å². The van der Waals surface area contributed by atoms with Crippen LogP contribution in [0.25, 0.3) is 6.20 Å². The summed E-state index contributed by atoms with van der Waals surface area (Å²) in [5.74, 6) is 7.07. The third-order valence-electron chi connectivity index (χ3n) is 4.25. The molecule has 0 fully saturated rings. The zero-order valence-electron chi connectivity index (χ0n) is 13.6. The maximum absolute atomic E-state index is 9.20. The summed E-state index contributed by atoms with van der Waals surface area (Å²) in [5, 5.41) is 9.20. The molecule has 2 aromatic heterocycles. The van der Waals surface area contributed by atoms with E-state index in [-0.39, 0.29) is 6.04 Å². The Hall–Kier alpha value is -3.38. The van der Waals surface area contributed by atoms with Crippen LogP contribution in [0, 0.1) is 23.2 Å². The third kappa shape index (κ3) is 3.02. The quantitative estimate of drug-likeness (QED) is 0.754. The van der Waals surface area contributed by atoms with Gasteiger partial charge in [0.1, 0.15) is 12.1 Å². The summed E-state index contributed by atoms with van der Waals surface area (Å²) in [6.45, 7) is 0.618. The lowest BCUT2D eigenvalue weighted by molar-refractivity contribution is 0.675. The van der Waals surface area contributed by atoms with E-state index in [4.69, 9.17) is 0 Å². The van der Waals surface area contributed by atoms with Crippen LogP contribution in [0.4, 0.5) is 5.82 Å². The van der Waals surface area contributed by atoms with E-state index < -0.39 is 0 Å². The second-order valence-corrected chi connectivity index (χ2v) is 5.89. The molecule has 0 aliphatic carbocycles. The Morgan fingerprint density at radius 1 is 1.16 bits per heavy atom. The SMILES string of the molecule is N#Cc1nccnc1N1C=Cn2c(C#CC3CCCC=N3)ccc2C1. The highest BCUT2D eigenvalue weighted by molar-refractivity contribution is 5.59. The van der Waals surface area contributed by atoms with Gasteiger partial charge in [-0.25, -0.2) is 9.97 Å². The van der Waals surface area contributed by atoms with Gasteiger partial charge in [-0.3, -0.25) is 4.99 Å². The Morgan fingerprint density at radius 3 is 2.92 bits per heavy atom. The van der Waals surface area contributed by atoms with Crippen molar-refractivity contribution in [2.45, 2.75) is 31.8 Å². The van der Waals surface area contributed by atoms with Crippen molar-refractivity contribution in [3.05, 3.63) is 47.8 Å². The summed E-state index contributed by atoms with van der Waals surface area (Å²) in [7, 11) is 0. The van der Waals surface area contributed by atoms with E-state index in [1.807, 2.05) is 35.6 Å². The molecular weight excluding hydrogens is 312 g/mol. The number of hydrogen-bond donors (Lipinski definition) is 0. The van der Waals surface area contributed by atoms with Crippen LogP contribution in [-0.2, 0) is 6.54 Å². The van der Waals surface area contributed by atoms with Gasteiger partial charge >= 0.3 is 0 Å². The van der Waals surface area contributed by atoms with E-state index in [2.05, 4.69) is 37.4 Å². The standard InChI is InChI=1S/C19H16N6/c20-13-18-19(23-10-9-22-18)24-11-12-25-16(6-7-17(25)14-24)5-4-15-3-1-2-8-21-15/h6-12,15H,1-3,14H2. The summed E-state index contributed by atoms with van der Waals surface area (Å²) < 4.78 is 2.07. The Bertz CT molecular complexity index is 950. The van der Waals surface area contributed by atoms with Crippen LogP contribution in [0.2, 0.25) is 0 Å². The van der Waals surface area contributed by atoms with Crippen LogP contribution < -0.4 is 4.90 Å². The van der Waals surface area contributed by atoms with Crippen molar-refractivity contribution in [3.63, 3.8) is 0 Å². The summed E-state index contributed by atoms with van der Waals surface area (Å²) in [4.78, 5) is 14.7. The molecule has 0 aromatic carbocycles. The summed E-state index contributed by atoms with van der Waals surface area (Å²) in [5.41, 5.74) is 2.36. The number of hydrogen-bond acceptors (Lipinski definition) is 5. The van der Waals surface area contributed by atoms with Crippen LogP contribution in [-0.4, -0.2) is 26.8 Å². The van der Waals surface area contributed by atoms with Gasteiger partial charge in [0.2, 0.25) is 0 Å². The van der Waals surface area contributed by atoms with Crippen molar-refractivity contribution < 1.29 is 0 Å². The average Bonchev–Trinajstić information content (AvgIpc) is 3.09. The fourth-order valence-electron chi connectivity index (χ4n) is 2.98. The van der Waals surface area contributed by atoms with Gasteiger partial charge in [-0.05, 0) is 37.3 Å². The molecule has 4 rings (SSSR count). The highest BCUT2D eigenvalue weighted by Gasteiger charge is 2.18. The van der Waals surface area contributed by atoms with Crippen LogP contribution in [0.15, 0.2) is 35.7 Å². The Kier molecular flexibility index (Phi) is 4.02. The molecule has 1 unspecified atom stereocenters. The van der Waals surface area contributed by atoms with Crippen molar-refractivity contribution in [1.29, 1.82) is 5.26 Å². The topological polar surface area (TPSA) is 70.1 Å². The predicted octanol–water partition coefficient (Wildman–Crippen LogP) is 2.57. The molecule has 0 spiro atoms. The van der Waals surface area contributed by atoms with Gasteiger partial charge in [0, 0.05) is 36.7 Å². The van der Waals surface area contributed by atoms with E-state index in [0.717, 1.165) is 30.7 Å². The molecule has 25 heavy (non-hydrogen) atoms. The van der Waals surface area contributed by atoms with E-state index in [1.165, 1.54) is 6.20 Å². The largest absolute Gasteiger partial charge is 0.323 e. The van der Waals surface area contributed by atoms with Crippen LogP contribution in [0.5, 0.6) is 0 Å². The van der Waals surface area contributed by atoms with Gasteiger partial charge in [0.25, 0.3) is 0 Å². The van der Waals surface area contributed by atoms with Crippen molar-refractivity contribution >= 4 is 18.2 Å². The zero-order valence-corrected chi connectivity index (χ0v) is 13.6. The molecule has 0 saturated carbocycles. The van der Waals surface area contributed by atoms with Gasteiger partial charge in [0.15, 0.2) is 11.5 Å². The van der Waals surface area contributed by atoms with E-state index >= 15 is 0 Å². The fraction of sp³-hybridized carbons (Fsp3) is 0.263. The normalized spacial score (nSPS) is 18.2. The minimum absolute atomic E-state index is 0.113. The fourth-order valence-corrected chi connectivity index (χ4v) is 2.98. The van der Waals surface area contributed by atoms with Crippen molar-refractivity contribution in [2.75, 3.05) is 4.90 Å². The first-order chi connectivity index (χ1) is 12.3. The molecule has 6 heteroatoms. The third-order valence-corrected chi connectivity index (χ3v) is 4.25. The highest BCUT2D eigenvalue weighted by Crippen LogP contribution is 2.23.